The number of hydrogen-bond donors (Lipinski definition) is 2. The number of benzene rings is 1. The van der Waals surface area contributed by atoms with Crippen molar-refractivity contribution in [1.82, 2.24) is 10.3 Å². The maximum atomic E-state index is 5.91. The van der Waals surface area contributed by atoms with Gasteiger partial charge in [-0.25, -0.2) is 0 Å². The Morgan fingerprint density at radius 3 is 2.53 bits per heavy atom. The van der Waals surface area contributed by atoms with Gasteiger partial charge in [0, 0.05) is 29.5 Å². The third-order valence-corrected chi connectivity index (χ3v) is 3.75. The molecule has 0 aliphatic rings. The first kappa shape index (κ1) is 14.2. The van der Waals surface area contributed by atoms with Crippen molar-refractivity contribution in [2.75, 3.05) is 0 Å². The predicted molar refractivity (Wildman–Crippen MR) is 81.6 cm³/mol. The van der Waals surface area contributed by atoms with Crippen LogP contribution in [0.2, 0.25) is 5.02 Å². The molecule has 0 amide bonds. The lowest BCUT2D eigenvalue weighted by Gasteiger charge is -2.22. The average Bonchev–Trinajstić information content (AvgIpc) is 2.94. The molecule has 2 atom stereocenters. The van der Waals surface area contributed by atoms with E-state index in [-0.39, 0.29) is 0 Å². The van der Waals surface area contributed by atoms with Crippen molar-refractivity contribution in [2.24, 2.45) is 0 Å². The average molecular weight is 277 g/mol. The second kappa shape index (κ2) is 6.78. The van der Waals surface area contributed by atoms with Gasteiger partial charge in [-0.05, 0) is 49.1 Å². The van der Waals surface area contributed by atoms with Crippen LogP contribution in [0.4, 0.5) is 0 Å². The molecule has 0 saturated heterocycles. The summed E-state index contributed by atoms with van der Waals surface area (Å²) in [6.45, 7) is 4.42. The van der Waals surface area contributed by atoms with Crippen LogP contribution in [0.1, 0.15) is 37.4 Å². The molecule has 19 heavy (non-hydrogen) atoms. The maximum absolute atomic E-state index is 5.91. The fraction of sp³-hybridized carbons (Fsp3) is 0.375. The van der Waals surface area contributed by atoms with Crippen molar-refractivity contribution in [2.45, 2.75) is 38.8 Å². The van der Waals surface area contributed by atoms with E-state index in [0.717, 1.165) is 17.9 Å². The van der Waals surface area contributed by atoms with Crippen molar-refractivity contribution in [3.8, 4) is 0 Å². The van der Waals surface area contributed by atoms with Gasteiger partial charge in [0.15, 0.2) is 0 Å². The Bertz CT molecular complexity index is 476. The summed E-state index contributed by atoms with van der Waals surface area (Å²) >= 11 is 5.91. The van der Waals surface area contributed by atoms with E-state index in [1.165, 1.54) is 11.1 Å². The topological polar surface area (TPSA) is 27.8 Å². The van der Waals surface area contributed by atoms with Crippen LogP contribution < -0.4 is 5.32 Å². The van der Waals surface area contributed by atoms with Gasteiger partial charge in [0.2, 0.25) is 0 Å². The fourth-order valence-electron chi connectivity index (χ4n) is 2.28. The van der Waals surface area contributed by atoms with Crippen molar-refractivity contribution < 1.29 is 0 Å². The summed E-state index contributed by atoms with van der Waals surface area (Å²) in [5.74, 6) is 0. The summed E-state index contributed by atoms with van der Waals surface area (Å²) in [7, 11) is 0. The van der Waals surface area contributed by atoms with E-state index in [0.29, 0.717) is 12.1 Å². The molecule has 1 heterocycles. The van der Waals surface area contributed by atoms with Gasteiger partial charge in [0.05, 0.1) is 0 Å². The summed E-state index contributed by atoms with van der Waals surface area (Å²) in [5.41, 5.74) is 2.62. The Morgan fingerprint density at radius 1 is 1.21 bits per heavy atom. The highest BCUT2D eigenvalue weighted by Crippen LogP contribution is 2.16. The standard InChI is InChI=1S/C16H21ClN2/c1-3-16(10-13-4-6-15(17)7-5-13)19-12(2)14-8-9-18-11-14/h4-9,11-12,16,18-19H,3,10H2,1-2H3. The van der Waals surface area contributed by atoms with Crippen molar-refractivity contribution in [3.63, 3.8) is 0 Å². The number of H-pyrrole nitrogens is 1. The Labute approximate surface area is 120 Å². The summed E-state index contributed by atoms with van der Waals surface area (Å²) < 4.78 is 0. The lowest BCUT2D eigenvalue weighted by molar-refractivity contribution is 0.440. The normalized spacial score (nSPS) is 14.3. The van der Waals surface area contributed by atoms with Crippen LogP contribution >= 0.6 is 11.6 Å². The van der Waals surface area contributed by atoms with Crippen molar-refractivity contribution in [1.29, 1.82) is 0 Å². The minimum absolute atomic E-state index is 0.364. The Kier molecular flexibility index (Phi) is 5.06. The van der Waals surface area contributed by atoms with Crippen LogP contribution in [0.5, 0.6) is 0 Å². The molecule has 0 fully saturated rings. The van der Waals surface area contributed by atoms with Crippen molar-refractivity contribution in [3.05, 3.63) is 58.9 Å². The minimum Gasteiger partial charge on any atom is -0.367 e. The Balaban J connectivity index is 1.95. The molecule has 1 aromatic heterocycles. The lowest BCUT2D eigenvalue weighted by atomic mass is 10.0. The Hall–Kier alpha value is -1.25. The third-order valence-electron chi connectivity index (χ3n) is 3.50. The first-order valence-corrected chi connectivity index (χ1v) is 7.20. The molecule has 0 bridgehead atoms. The monoisotopic (exact) mass is 276 g/mol. The molecule has 0 radical (unpaired) electrons. The van der Waals surface area contributed by atoms with E-state index in [1.54, 1.807) is 0 Å². The number of aromatic nitrogens is 1. The summed E-state index contributed by atoms with van der Waals surface area (Å²) in [6.07, 6.45) is 6.15. The lowest BCUT2D eigenvalue weighted by Crippen LogP contribution is -2.32. The SMILES string of the molecule is CCC(Cc1ccc(Cl)cc1)NC(C)c1cc[nH]c1. The third kappa shape index (κ3) is 4.12. The van der Waals surface area contributed by atoms with Crippen LogP contribution in [-0.4, -0.2) is 11.0 Å². The number of halogens is 1. The van der Waals surface area contributed by atoms with Crippen LogP contribution in [-0.2, 0) is 6.42 Å². The van der Waals surface area contributed by atoms with Gasteiger partial charge in [-0.3, -0.25) is 0 Å². The number of aromatic amines is 1. The molecule has 2 N–H and O–H groups in total. The smallest absolute Gasteiger partial charge is 0.0406 e. The van der Waals surface area contributed by atoms with Gasteiger partial charge in [-0.1, -0.05) is 30.7 Å². The van der Waals surface area contributed by atoms with E-state index >= 15 is 0 Å². The second-order valence-corrected chi connectivity index (χ2v) is 5.40. The van der Waals surface area contributed by atoms with E-state index in [9.17, 15) is 0 Å². The first-order valence-electron chi connectivity index (χ1n) is 6.82. The molecule has 2 aromatic rings. The summed E-state index contributed by atoms with van der Waals surface area (Å²) in [5, 5.41) is 4.48. The largest absolute Gasteiger partial charge is 0.367 e. The van der Waals surface area contributed by atoms with Crippen LogP contribution in [0.25, 0.3) is 0 Å². The molecule has 2 rings (SSSR count). The number of rotatable bonds is 6. The predicted octanol–water partition coefficient (Wildman–Crippen LogP) is 4.34. The number of nitrogens with one attached hydrogen (secondary N) is 2. The molecule has 102 valence electrons. The fourth-order valence-corrected chi connectivity index (χ4v) is 2.41. The van der Waals surface area contributed by atoms with Gasteiger partial charge in [-0.15, -0.1) is 0 Å². The Morgan fingerprint density at radius 2 is 1.95 bits per heavy atom. The van der Waals surface area contributed by atoms with Crippen LogP contribution in [0.3, 0.4) is 0 Å². The summed E-state index contributed by atoms with van der Waals surface area (Å²) in [4.78, 5) is 3.10. The van der Waals surface area contributed by atoms with E-state index in [4.69, 9.17) is 11.6 Å². The first-order chi connectivity index (χ1) is 9.19. The molecule has 3 heteroatoms. The summed E-state index contributed by atoms with van der Waals surface area (Å²) in [6, 6.07) is 11.1. The highest BCUT2D eigenvalue weighted by Gasteiger charge is 2.12. The zero-order chi connectivity index (χ0) is 13.7. The van der Waals surface area contributed by atoms with E-state index < -0.39 is 0 Å². The zero-order valence-electron chi connectivity index (χ0n) is 11.5. The molecular weight excluding hydrogens is 256 g/mol. The highest BCUT2D eigenvalue weighted by atomic mass is 35.5. The minimum atomic E-state index is 0.364. The van der Waals surface area contributed by atoms with Gasteiger partial charge in [0.1, 0.15) is 0 Å². The quantitative estimate of drug-likeness (QED) is 0.807. The van der Waals surface area contributed by atoms with Gasteiger partial charge < -0.3 is 10.3 Å². The molecule has 2 nitrogen and oxygen atoms in total. The molecule has 0 spiro atoms. The van der Waals surface area contributed by atoms with Crippen LogP contribution in [0.15, 0.2) is 42.7 Å². The van der Waals surface area contributed by atoms with E-state index in [2.05, 4.69) is 42.3 Å². The molecule has 0 aliphatic heterocycles. The van der Waals surface area contributed by atoms with Crippen LogP contribution in [0, 0.1) is 0 Å². The maximum Gasteiger partial charge on any atom is 0.0406 e. The second-order valence-electron chi connectivity index (χ2n) is 4.97. The molecule has 2 unspecified atom stereocenters. The highest BCUT2D eigenvalue weighted by molar-refractivity contribution is 6.30. The zero-order valence-corrected chi connectivity index (χ0v) is 12.2. The van der Waals surface area contributed by atoms with Crippen molar-refractivity contribution >= 4 is 11.6 Å². The van der Waals surface area contributed by atoms with E-state index in [1.807, 2.05) is 24.5 Å². The van der Waals surface area contributed by atoms with Gasteiger partial charge >= 0.3 is 0 Å². The number of hydrogen-bond acceptors (Lipinski definition) is 1. The molecule has 0 aliphatic carbocycles. The molecular formula is C16H21ClN2. The molecule has 1 aromatic carbocycles. The van der Waals surface area contributed by atoms with Gasteiger partial charge in [-0.2, -0.15) is 0 Å². The van der Waals surface area contributed by atoms with Gasteiger partial charge in [0.25, 0.3) is 0 Å². The molecule has 0 saturated carbocycles.